The van der Waals surface area contributed by atoms with Crippen LogP contribution in [0, 0.1) is 12.7 Å². The monoisotopic (exact) mass is 211 g/mol. The largest absolute Gasteiger partial charge is 0.483 e. The van der Waals surface area contributed by atoms with E-state index in [2.05, 4.69) is 5.32 Å². The number of aryl methyl sites for hydroxylation is 1. The van der Waals surface area contributed by atoms with Crippen LogP contribution in [0.1, 0.15) is 5.56 Å². The van der Waals surface area contributed by atoms with Gasteiger partial charge in [0.05, 0.1) is 0 Å². The fourth-order valence-electron chi connectivity index (χ4n) is 1.64. The minimum absolute atomic E-state index is 0.211. The van der Waals surface area contributed by atoms with Gasteiger partial charge in [0, 0.05) is 13.1 Å². The zero-order valence-electron chi connectivity index (χ0n) is 8.53. The van der Waals surface area contributed by atoms with Crippen LogP contribution in [0.4, 0.5) is 4.39 Å². The number of nitrogens with one attached hydrogen (secondary N) is 1. The summed E-state index contributed by atoms with van der Waals surface area (Å²) in [6.45, 7) is 2.73. The molecule has 1 heterocycles. The number of rotatable bonds is 2. The topological polar surface area (TPSA) is 41.5 Å². The normalized spacial score (nSPS) is 25.5. The summed E-state index contributed by atoms with van der Waals surface area (Å²) in [5.74, 6) is -0.139. The molecular weight excluding hydrogens is 197 g/mol. The fourth-order valence-corrected chi connectivity index (χ4v) is 1.64. The Morgan fingerprint density at radius 1 is 1.47 bits per heavy atom. The maximum absolute atomic E-state index is 13.6. The van der Waals surface area contributed by atoms with E-state index in [1.54, 1.807) is 25.1 Å². The van der Waals surface area contributed by atoms with Gasteiger partial charge in [0.25, 0.3) is 0 Å². The van der Waals surface area contributed by atoms with Crippen LogP contribution in [-0.2, 0) is 0 Å². The van der Waals surface area contributed by atoms with E-state index in [0.717, 1.165) is 0 Å². The van der Waals surface area contributed by atoms with Gasteiger partial charge in [-0.3, -0.25) is 0 Å². The highest BCUT2D eigenvalue weighted by atomic mass is 19.1. The number of halogens is 1. The van der Waals surface area contributed by atoms with Crippen molar-refractivity contribution >= 4 is 0 Å². The Morgan fingerprint density at radius 3 is 2.93 bits per heavy atom. The van der Waals surface area contributed by atoms with Gasteiger partial charge in [-0.2, -0.15) is 0 Å². The van der Waals surface area contributed by atoms with Crippen molar-refractivity contribution in [3.8, 4) is 5.75 Å². The average Bonchev–Trinajstić information content (AvgIpc) is 2.60. The molecule has 1 aromatic carbocycles. The average molecular weight is 211 g/mol. The van der Waals surface area contributed by atoms with Crippen LogP contribution in [0.15, 0.2) is 18.2 Å². The lowest BCUT2D eigenvalue weighted by molar-refractivity contribution is 0.0710. The van der Waals surface area contributed by atoms with Crippen molar-refractivity contribution in [3.63, 3.8) is 0 Å². The molecule has 1 fully saturated rings. The Kier molecular flexibility index (Phi) is 2.88. The molecule has 3 nitrogen and oxygen atoms in total. The molecule has 0 aromatic heterocycles. The summed E-state index contributed by atoms with van der Waals surface area (Å²) >= 11 is 0. The van der Waals surface area contributed by atoms with Gasteiger partial charge in [-0.25, -0.2) is 4.39 Å². The second-order valence-corrected chi connectivity index (χ2v) is 3.77. The third-order valence-corrected chi connectivity index (χ3v) is 2.56. The van der Waals surface area contributed by atoms with Crippen molar-refractivity contribution in [2.24, 2.45) is 0 Å². The van der Waals surface area contributed by atoms with E-state index in [4.69, 9.17) is 4.74 Å². The molecule has 2 N–H and O–H groups in total. The highest BCUT2D eigenvalue weighted by Crippen LogP contribution is 2.22. The Labute approximate surface area is 87.9 Å². The summed E-state index contributed by atoms with van der Waals surface area (Å²) in [6, 6.07) is 5.00. The summed E-state index contributed by atoms with van der Waals surface area (Å²) in [4.78, 5) is 0. The first kappa shape index (κ1) is 10.4. The smallest absolute Gasteiger partial charge is 0.167 e. The summed E-state index contributed by atoms with van der Waals surface area (Å²) < 4.78 is 19.0. The van der Waals surface area contributed by atoms with Gasteiger partial charge in [0.2, 0.25) is 0 Å². The van der Waals surface area contributed by atoms with E-state index in [0.29, 0.717) is 18.7 Å². The molecule has 0 amide bonds. The molecule has 0 spiro atoms. The molecule has 0 bridgehead atoms. The van der Waals surface area contributed by atoms with Gasteiger partial charge in [-0.1, -0.05) is 12.1 Å². The Hall–Kier alpha value is -1.13. The van der Waals surface area contributed by atoms with Crippen molar-refractivity contribution in [2.75, 3.05) is 13.1 Å². The number of hydrogen-bond acceptors (Lipinski definition) is 3. The van der Waals surface area contributed by atoms with Crippen molar-refractivity contribution in [3.05, 3.63) is 29.6 Å². The van der Waals surface area contributed by atoms with Crippen LogP contribution in [0.5, 0.6) is 5.75 Å². The SMILES string of the molecule is Cc1cccc(OC2CNCC2O)c1F. The lowest BCUT2D eigenvalue weighted by atomic mass is 10.2. The first-order valence-corrected chi connectivity index (χ1v) is 4.99. The number of aliphatic hydroxyl groups is 1. The highest BCUT2D eigenvalue weighted by molar-refractivity contribution is 5.30. The molecule has 1 aliphatic heterocycles. The molecule has 2 rings (SSSR count). The van der Waals surface area contributed by atoms with Gasteiger partial charge < -0.3 is 15.2 Å². The number of aliphatic hydroxyl groups excluding tert-OH is 1. The van der Waals surface area contributed by atoms with E-state index < -0.39 is 6.10 Å². The Morgan fingerprint density at radius 2 is 2.27 bits per heavy atom. The maximum Gasteiger partial charge on any atom is 0.167 e. The summed E-state index contributed by atoms with van der Waals surface area (Å²) in [6.07, 6.45) is -0.925. The number of hydrogen-bond donors (Lipinski definition) is 2. The van der Waals surface area contributed by atoms with Crippen molar-refractivity contribution in [2.45, 2.75) is 19.1 Å². The van der Waals surface area contributed by atoms with Gasteiger partial charge >= 0.3 is 0 Å². The van der Waals surface area contributed by atoms with E-state index >= 15 is 0 Å². The quantitative estimate of drug-likeness (QED) is 0.762. The third-order valence-electron chi connectivity index (χ3n) is 2.56. The van der Waals surface area contributed by atoms with E-state index in [-0.39, 0.29) is 17.7 Å². The van der Waals surface area contributed by atoms with Gasteiger partial charge in [-0.05, 0) is 18.6 Å². The van der Waals surface area contributed by atoms with Crippen LogP contribution in [-0.4, -0.2) is 30.4 Å². The molecule has 4 heteroatoms. The molecule has 1 aliphatic rings. The van der Waals surface area contributed by atoms with Gasteiger partial charge in [0.15, 0.2) is 11.6 Å². The van der Waals surface area contributed by atoms with Crippen LogP contribution in [0.2, 0.25) is 0 Å². The summed E-state index contributed by atoms with van der Waals surface area (Å²) in [5, 5.41) is 12.5. The summed E-state index contributed by atoms with van der Waals surface area (Å²) in [7, 11) is 0. The second kappa shape index (κ2) is 4.16. The molecule has 82 valence electrons. The zero-order chi connectivity index (χ0) is 10.8. The fraction of sp³-hybridized carbons (Fsp3) is 0.455. The molecule has 0 aliphatic carbocycles. The minimum Gasteiger partial charge on any atom is -0.483 e. The number of β-amino-alcohol motifs (C(OH)–C–C–N with tert-alkyl or cyclic N) is 1. The standard InChI is InChI=1S/C11H14FNO2/c1-7-3-2-4-9(11(7)12)15-10-6-13-5-8(10)14/h2-4,8,10,13-14H,5-6H2,1H3. The summed E-state index contributed by atoms with van der Waals surface area (Å²) in [5.41, 5.74) is 0.549. The van der Waals surface area contributed by atoms with E-state index in [1.165, 1.54) is 0 Å². The highest BCUT2D eigenvalue weighted by Gasteiger charge is 2.27. The Balaban J connectivity index is 2.13. The third kappa shape index (κ3) is 2.11. The van der Waals surface area contributed by atoms with Crippen LogP contribution >= 0.6 is 0 Å². The van der Waals surface area contributed by atoms with Crippen LogP contribution < -0.4 is 10.1 Å². The zero-order valence-corrected chi connectivity index (χ0v) is 8.53. The number of ether oxygens (including phenoxy) is 1. The molecule has 1 saturated heterocycles. The minimum atomic E-state index is -0.565. The Bertz CT molecular complexity index is 356. The lowest BCUT2D eigenvalue weighted by Crippen LogP contribution is -2.30. The van der Waals surface area contributed by atoms with Crippen molar-refractivity contribution in [1.82, 2.24) is 5.32 Å². The molecular formula is C11H14FNO2. The first-order chi connectivity index (χ1) is 7.18. The van der Waals surface area contributed by atoms with Gasteiger partial charge in [-0.15, -0.1) is 0 Å². The van der Waals surface area contributed by atoms with E-state index in [9.17, 15) is 9.50 Å². The first-order valence-electron chi connectivity index (χ1n) is 4.99. The second-order valence-electron chi connectivity index (χ2n) is 3.77. The predicted octanol–water partition coefficient (Wildman–Crippen LogP) is 0.846. The van der Waals surface area contributed by atoms with Crippen molar-refractivity contribution in [1.29, 1.82) is 0 Å². The van der Waals surface area contributed by atoms with Crippen LogP contribution in [0.3, 0.4) is 0 Å². The maximum atomic E-state index is 13.6. The molecule has 0 saturated carbocycles. The van der Waals surface area contributed by atoms with Crippen LogP contribution in [0.25, 0.3) is 0 Å². The predicted molar refractivity (Wildman–Crippen MR) is 54.4 cm³/mol. The lowest BCUT2D eigenvalue weighted by Gasteiger charge is -2.17. The van der Waals surface area contributed by atoms with E-state index in [1.807, 2.05) is 0 Å². The molecule has 1 aromatic rings. The molecule has 15 heavy (non-hydrogen) atoms. The van der Waals surface area contributed by atoms with Gasteiger partial charge in [0.1, 0.15) is 12.2 Å². The van der Waals surface area contributed by atoms with Crippen molar-refractivity contribution < 1.29 is 14.2 Å². The molecule has 2 unspecified atom stereocenters. The molecule has 2 atom stereocenters. The number of benzene rings is 1. The molecule has 0 radical (unpaired) electrons.